The molecule has 0 saturated carbocycles. The number of hydrogen-bond donors (Lipinski definition) is 5. The van der Waals surface area contributed by atoms with Gasteiger partial charge in [-0.3, -0.25) is 0 Å². The first-order chi connectivity index (χ1) is 15.8. The van der Waals surface area contributed by atoms with Crippen LogP contribution in [0.25, 0.3) is 0 Å². The summed E-state index contributed by atoms with van der Waals surface area (Å²) in [6.45, 7) is -0.0540. The Hall–Kier alpha value is -3.31. The average molecular weight is 466 g/mol. The van der Waals surface area contributed by atoms with Crippen LogP contribution in [0.15, 0.2) is 42.5 Å². The van der Waals surface area contributed by atoms with Crippen LogP contribution in [-0.2, 0) is 4.74 Å². The van der Waals surface area contributed by atoms with E-state index in [4.69, 9.17) is 4.74 Å². The SMILES string of the molecule is O=C(NCC[C@H]1CC[C@H](NC(=O)Nc2cc(F)ccc2F)[C@@H](CO)O1)Nc1ccc(F)cc1. The van der Waals surface area contributed by atoms with Crippen molar-refractivity contribution in [2.45, 2.75) is 37.5 Å². The standard InChI is InChI=1S/C22H25F3N4O4/c23-13-1-4-15(5-2-13)27-21(31)26-10-9-16-6-8-18(20(12-30)33-16)28-22(32)29-19-11-14(24)3-7-17(19)25/h1-5,7,11,16,18,20,30H,6,8-10,12H2,(H2,26,27,31)(H2,28,29,32)/t16-,18+,20-/m1/s1. The number of carbonyl (C=O) groups is 2. The molecule has 1 saturated heterocycles. The lowest BCUT2D eigenvalue weighted by atomic mass is 9.97. The Bertz CT molecular complexity index is 961. The van der Waals surface area contributed by atoms with E-state index in [1.807, 2.05) is 0 Å². The molecule has 1 fully saturated rings. The lowest BCUT2D eigenvalue weighted by Gasteiger charge is -2.36. The predicted molar refractivity (Wildman–Crippen MR) is 115 cm³/mol. The molecular weight excluding hydrogens is 441 g/mol. The van der Waals surface area contributed by atoms with Crippen LogP contribution in [0.1, 0.15) is 19.3 Å². The minimum Gasteiger partial charge on any atom is -0.394 e. The highest BCUT2D eigenvalue weighted by Crippen LogP contribution is 2.22. The summed E-state index contributed by atoms with van der Waals surface area (Å²) in [7, 11) is 0. The van der Waals surface area contributed by atoms with Gasteiger partial charge in [-0.2, -0.15) is 0 Å². The number of rotatable bonds is 7. The number of aliphatic hydroxyl groups is 1. The van der Waals surface area contributed by atoms with Crippen molar-refractivity contribution in [2.75, 3.05) is 23.8 Å². The largest absolute Gasteiger partial charge is 0.394 e. The van der Waals surface area contributed by atoms with E-state index in [1.54, 1.807) is 0 Å². The molecular formula is C22H25F3N4O4. The topological polar surface area (TPSA) is 112 Å². The monoisotopic (exact) mass is 466 g/mol. The van der Waals surface area contributed by atoms with Gasteiger partial charge in [-0.25, -0.2) is 22.8 Å². The number of urea groups is 2. The number of aliphatic hydroxyl groups excluding tert-OH is 1. The van der Waals surface area contributed by atoms with E-state index in [9.17, 15) is 27.9 Å². The molecule has 0 spiro atoms. The van der Waals surface area contributed by atoms with Crippen LogP contribution < -0.4 is 21.3 Å². The molecule has 33 heavy (non-hydrogen) atoms. The van der Waals surface area contributed by atoms with Crippen LogP contribution in [0.5, 0.6) is 0 Å². The van der Waals surface area contributed by atoms with Crippen LogP contribution in [0.3, 0.4) is 0 Å². The zero-order chi connectivity index (χ0) is 23.8. The van der Waals surface area contributed by atoms with Crippen LogP contribution in [0.2, 0.25) is 0 Å². The molecule has 0 aromatic heterocycles. The van der Waals surface area contributed by atoms with Crippen molar-refractivity contribution in [3.05, 3.63) is 59.9 Å². The van der Waals surface area contributed by atoms with Crippen molar-refractivity contribution in [1.82, 2.24) is 10.6 Å². The highest BCUT2D eigenvalue weighted by molar-refractivity contribution is 5.90. The minimum absolute atomic E-state index is 0.255. The van der Waals surface area contributed by atoms with E-state index in [1.165, 1.54) is 24.3 Å². The number of nitrogens with one attached hydrogen (secondary N) is 4. The number of benzene rings is 2. The smallest absolute Gasteiger partial charge is 0.319 e. The van der Waals surface area contributed by atoms with Crippen molar-refractivity contribution in [1.29, 1.82) is 0 Å². The maximum atomic E-state index is 13.7. The normalized spacial score (nSPS) is 20.1. The average Bonchev–Trinajstić information content (AvgIpc) is 2.78. The van der Waals surface area contributed by atoms with Crippen LogP contribution in [0.4, 0.5) is 34.1 Å². The Balaban J connectivity index is 1.41. The maximum absolute atomic E-state index is 13.7. The van der Waals surface area contributed by atoms with Crippen molar-refractivity contribution in [2.24, 2.45) is 0 Å². The zero-order valence-corrected chi connectivity index (χ0v) is 17.6. The quantitative estimate of drug-likeness (QED) is 0.431. The van der Waals surface area contributed by atoms with Gasteiger partial charge >= 0.3 is 12.1 Å². The van der Waals surface area contributed by atoms with Gasteiger partial charge < -0.3 is 31.1 Å². The Kier molecular flexibility index (Phi) is 8.50. The highest BCUT2D eigenvalue weighted by Gasteiger charge is 2.32. The molecule has 4 amide bonds. The van der Waals surface area contributed by atoms with E-state index < -0.39 is 41.7 Å². The van der Waals surface area contributed by atoms with Gasteiger partial charge in [-0.05, 0) is 55.7 Å². The van der Waals surface area contributed by atoms with Gasteiger partial charge in [0.25, 0.3) is 0 Å². The summed E-state index contributed by atoms with van der Waals surface area (Å²) in [5, 5.41) is 19.8. The summed E-state index contributed by atoms with van der Waals surface area (Å²) in [5.74, 6) is -1.87. The van der Waals surface area contributed by atoms with E-state index in [0.717, 1.165) is 18.2 Å². The van der Waals surface area contributed by atoms with Gasteiger partial charge in [0.1, 0.15) is 23.6 Å². The van der Waals surface area contributed by atoms with E-state index in [0.29, 0.717) is 31.5 Å². The molecule has 1 aliphatic heterocycles. The first-order valence-electron chi connectivity index (χ1n) is 10.4. The molecule has 11 heteroatoms. The second kappa shape index (κ2) is 11.5. The van der Waals surface area contributed by atoms with Crippen LogP contribution in [0, 0.1) is 17.5 Å². The molecule has 8 nitrogen and oxygen atoms in total. The summed E-state index contributed by atoms with van der Waals surface area (Å²) < 4.78 is 45.7. The third-order valence-electron chi connectivity index (χ3n) is 5.14. The van der Waals surface area contributed by atoms with Crippen molar-refractivity contribution < 1.29 is 32.6 Å². The van der Waals surface area contributed by atoms with Gasteiger partial charge in [0, 0.05) is 18.3 Å². The van der Waals surface area contributed by atoms with Crippen LogP contribution >= 0.6 is 0 Å². The number of ether oxygens (including phenoxy) is 1. The zero-order valence-electron chi connectivity index (χ0n) is 17.6. The Morgan fingerprint density at radius 2 is 1.70 bits per heavy atom. The molecule has 178 valence electrons. The lowest BCUT2D eigenvalue weighted by Crippen LogP contribution is -2.52. The molecule has 2 aromatic rings. The van der Waals surface area contributed by atoms with E-state index >= 15 is 0 Å². The molecule has 3 rings (SSSR count). The Labute approximate surface area is 188 Å². The van der Waals surface area contributed by atoms with Gasteiger partial charge in [0.2, 0.25) is 0 Å². The molecule has 0 aliphatic carbocycles. The molecule has 1 heterocycles. The van der Waals surface area contributed by atoms with Gasteiger partial charge in [0.05, 0.1) is 24.4 Å². The number of amides is 4. The molecule has 1 aliphatic rings. The van der Waals surface area contributed by atoms with E-state index in [-0.39, 0.29) is 18.4 Å². The maximum Gasteiger partial charge on any atom is 0.319 e. The predicted octanol–water partition coefficient (Wildman–Crippen LogP) is 3.35. The number of anilines is 2. The third-order valence-corrected chi connectivity index (χ3v) is 5.14. The summed E-state index contributed by atoms with van der Waals surface area (Å²) >= 11 is 0. The van der Waals surface area contributed by atoms with Crippen molar-refractivity contribution in [3.8, 4) is 0 Å². The van der Waals surface area contributed by atoms with Crippen LogP contribution in [-0.4, -0.2) is 48.6 Å². The number of hydrogen-bond acceptors (Lipinski definition) is 4. The second-order valence-electron chi connectivity index (χ2n) is 7.56. The number of carbonyl (C=O) groups excluding carboxylic acids is 2. The van der Waals surface area contributed by atoms with Gasteiger partial charge in [-0.1, -0.05) is 0 Å². The first kappa shape index (κ1) is 24.3. The van der Waals surface area contributed by atoms with Crippen molar-refractivity contribution in [3.63, 3.8) is 0 Å². The fraction of sp³-hybridized carbons (Fsp3) is 0.364. The second-order valence-corrected chi connectivity index (χ2v) is 7.56. The molecule has 5 N–H and O–H groups in total. The summed E-state index contributed by atoms with van der Waals surface area (Å²) in [5.41, 5.74) is 0.154. The molecule has 2 aromatic carbocycles. The fourth-order valence-electron chi connectivity index (χ4n) is 3.48. The molecule has 3 atom stereocenters. The highest BCUT2D eigenvalue weighted by atomic mass is 19.1. The van der Waals surface area contributed by atoms with E-state index in [2.05, 4.69) is 21.3 Å². The molecule has 0 radical (unpaired) electrons. The first-order valence-corrected chi connectivity index (χ1v) is 10.4. The summed E-state index contributed by atoms with van der Waals surface area (Å²) in [4.78, 5) is 24.1. The van der Waals surface area contributed by atoms with Gasteiger partial charge in [0.15, 0.2) is 0 Å². The minimum atomic E-state index is -0.777. The number of halogens is 3. The Morgan fingerprint density at radius 1 is 0.970 bits per heavy atom. The van der Waals surface area contributed by atoms with Crippen molar-refractivity contribution >= 4 is 23.4 Å². The fourth-order valence-corrected chi connectivity index (χ4v) is 3.48. The summed E-state index contributed by atoms with van der Waals surface area (Å²) in [6, 6.07) is 6.35. The molecule has 0 unspecified atom stereocenters. The summed E-state index contributed by atoms with van der Waals surface area (Å²) in [6.07, 6.45) is 0.559. The molecule has 0 bridgehead atoms. The Morgan fingerprint density at radius 3 is 2.42 bits per heavy atom. The van der Waals surface area contributed by atoms with Gasteiger partial charge in [-0.15, -0.1) is 0 Å². The third kappa shape index (κ3) is 7.36. The lowest BCUT2D eigenvalue weighted by molar-refractivity contribution is -0.0885.